The maximum atomic E-state index is 13.4. The molecule has 4 rings (SSSR count). The number of aromatic nitrogens is 2. The second-order valence-electron chi connectivity index (χ2n) is 8.35. The number of nitrogens with zero attached hydrogens (tertiary/aromatic N) is 4. The van der Waals surface area contributed by atoms with Gasteiger partial charge in [-0.05, 0) is 44.5 Å². The molecular formula is C26H26N4O3S. The number of amides is 3. The van der Waals surface area contributed by atoms with Crippen LogP contribution in [0.15, 0.2) is 65.8 Å². The Bertz CT molecular complexity index is 1190. The molecule has 0 aliphatic carbocycles. The van der Waals surface area contributed by atoms with Crippen molar-refractivity contribution >= 4 is 35.2 Å². The van der Waals surface area contributed by atoms with Crippen molar-refractivity contribution in [2.75, 3.05) is 10.7 Å². The highest BCUT2D eigenvalue weighted by molar-refractivity contribution is 7.99. The SMILES string of the molecule is Cc1ccc(N2C(=O)CC(N(Cc3ccccc3)C(=O)CSc3nc(C)cc(C)n3)C2=O)cc1. The van der Waals surface area contributed by atoms with Crippen molar-refractivity contribution in [2.45, 2.75) is 44.9 Å². The highest BCUT2D eigenvalue weighted by Crippen LogP contribution is 2.28. The van der Waals surface area contributed by atoms with Crippen LogP contribution in [0.5, 0.6) is 0 Å². The molecule has 2 heterocycles. The zero-order valence-electron chi connectivity index (χ0n) is 19.4. The largest absolute Gasteiger partial charge is 0.325 e. The number of carbonyl (C=O) groups is 3. The third kappa shape index (κ3) is 5.34. The number of rotatable bonds is 7. The second-order valence-corrected chi connectivity index (χ2v) is 9.29. The molecule has 8 heteroatoms. The van der Waals surface area contributed by atoms with E-state index in [1.165, 1.54) is 21.6 Å². The topological polar surface area (TPSA) is 83.5 Å². The van der Waals surface area contributed by atoms with Gasteiger partial charge in [-0.2, -0.15) is 0 Å². The lowest BCUT2D eigenvalue weighted by Crippen LogP contribution is -2.45. The van der Waals surface area contributed by atoms with Gasteiger partial charge in [0.15, 0.2) is 5.16 Å². The molecule has 0 radical (unpaired) electrons. The normalized spacial score (nSPS) is 15.6. The predicted octanol–water partition coefficient (Wildman–Crippen LogP) is 3.85. The molecule has 0 bridgehead atoms. The first-order valence-corrected chi connectivity index (χ1v) is 12.0. The Kier molecular flexibility index (Phi) is 7.07. The lowest BCUT2D eigenvalue weighted by atomic mass is 10.1. The van der Waals surface area contributed by atoms with E-state index in [1.54, 1.807) is 12.1 Å². The number of aryl methyl sites for hydroxylation is 3. The predicted molar refractivity (Wildman–Crippen MR) is 131 cm³/mol. The maximum absolute atomic E-state index is 13.4. The molecule has 1 aliphatic heterocycles. The standard InChI is InChI=1S/C26H26N4O3S/c1-17-9-11-21(12-10-17)30-23(31)14-22(25(30)33)29(15-20-7-5-4-6-8-20)24(32)16-34-26-27-18(2)13-19(3)28-26/h4-13,22H,14-16H2,1-3H3. The van der Waals surface area contributed by atoms with Crippen molar-refractivity contribution in [2.24, 2.45) is 0 Å². The van der Waals surface area contributed by atoms with E-state index in [0.717, 1.165) is 22.5 Å². The fourth-order valence-electron chi connectivity index (χ4n) is 3.94. The number of carbonyl (C=O) groups excluding carboxylic acids is 3. The Hall–Kier alpha value is -3.52. The highest BCUT2D eigenvalue weighted by atomic mass is 32.2. The minimum atomic E-state index is -0.859. The van der Waals surface area contributed by atoms with Gasteiger partial charge in [-0.15, -0.1) is 0 Å². The number of imide groups is 1. The van der Waals surface area contributed by atoms with Gasteiger partial charge in [0, 0.05) is 17.9 Å². The van der Waals surface area contributed by atoms with Gasteiger partial charge in [0.2, 0.25) is 11.8 Å². The summed E-state index contributed by atoms with van der Waals surface area (Å²) in [4.78, 5) is 51.1. The Morgan fingerprint density at radius 3 is 2.29 bits per heavy atom. The van der Waals surface area contributed by atoms with E-state index >= 15 is 0 Å². The molecule has 1 unspecified atom stereocenters. The van der Waals surface area contributed by atoms with Crippen LogP contribution in [-0.2, 0) is 20.9 Å². The molecular weight excluding hydrogens is 448 g/mol. The summed E-state index contributed by atoms with van der Waals surface area (Å²) >= 11 is 1.23. The number of thioether (sulfide) groups is 1. The monoisotopic (exact) mass is 474 g/mol. The van der Waals surface area contributed by atoms with Gasteiger partial charge in [0.25, 0.3) is 5.91 Å². The van der Waals surface area contributed by atoms with Crippen molar-refractivity contribution in [3.63, 3.8) is 0 Å². The minimum Gasteiger partial charge on any atom is -0.325 e. The lowest BCUT2D eigenvalue weighted by molar-refractivity contribution is -0.136. The van der Waals surface area contributed by atoms with Crippen LogP contribution in [0.25, 0.3) is 0 Å². The average molecular weight is 475 g/mol. The Balaban J connectivity index is 1.57. The van der Waals surface area contributed by atoms with E-state index in [2.05, 4.69) is 9.97 Å². The second kappa shape index (κ2) is 10.2. The van der Waals surface area contributed by atoms with Gasteiger partial charge in [-0.1, -0.05) is 59.8 Å². The van der Waals surface area contributed by atoms with Crippen molar-refractivity contribution in [3.8, 4) is 0 Å². The van der Waals surface area contributed by atoms with E-state index in [0.29, 0.717) is 10.8 Å². The Labute approximate surface area is 203 Å². The van der Waals surface area contributed by atoms with Crippen molar-refractivity contribution < 1.29 is 14.4 Å². The van der Waals surface area contributed by atoms with E-state index in [9.17, 15) is 14.4 Å². The van der Waals surface area contributed by atoms with Gasteiger partial charge < -0.3 is 4.90 Å². The highest BCUT2D eigenvalue weighted by Gasteiger charge is 2.44. The number of benzene rings is 2. The first-order valence-electron chi connectivity index (χ1n) is 11.0. The number of anilines is 1. The summed E-state index contributed by atoms with van der Waals surface area (Å²) in [6.45, 7) is 5.94. The van der Waals surface area contributed by atoms with Crippen LogP contribution in [0.2, 0.25) is 0 Å². The fourth-order valence-corrected chi connectivity index (χ4v) is 4.78. The fraction of sp³-hybridized carbons (Fsp3) is 0.269. The summed E-state index contributed by atoms with van der Waals surface area (Å²) in [5, 5.41) is 0.514. The van der Waals surface area contributed by atoms with E-state index in [-0.39, 0.29) is 36.4 Å². The van der Waals surface area contributed by atoms with Gasteiger partial charge in [0.1, 0.15) is 6.04 Å². The van der Waals surface area contributed by atoms with Crippen molar-refractivity contribution in [3.05, 3.63) is 83.2 Å². The molecule has 0 N–H and O–H groups in total. The summed E-state index contributed by atoms with van der Waals surface area (Å²) in [5.74, 6) is -0.868. The minimum absolute atomic E-state index is 0.0456. The lowest BCUT2D eigenvalue weighted by Gasteiger charge is -2.27. The first-order chi connectivity index (χ1) is 16.3. The molecule has 1 fully saturated rings. The molecule has 174 valence electrons. The molecule has 34 heavy (non-hydrogen) atoms. The van der Waals surface area contributed by atoms with Crippen molar-refractivity contribution in [1.82, 2.24) is 14.9 Å². The molecule has 0 saturated carbocycles. The van der Waals surface area contributed by atoms with Crippen LogP contribution < -0.4 is 4.90 Å². The molecule has 1 aliphatic rings. The number of hydrogen-bond donors (Lipinski definition) is 0. The average Bonchev–Trinajstić information content (AvgIpc) is 3.10. The van der Waals surface area contributed by atoms with Gasteiger partial charge in [0.05, 0.1) is 17.9 Å². The first kappa shape index (κ1) is 23.6. The summed E-state index contributed by atoms with van der Waals surface area (Å²) < 4.78 is 0. The smallest absolute Gasteiger partial charge is 0.257 e. The molecule has 1 atom stereocenters. The molecule has 3 amide bonds. The van der Waals surface area contributed by atoms with Gasteiger partial charge >= 0.3 is 0 Å². The third-order valence-electron chi connectivity index (χ3n) is 5.59. The molecule has 3 aromatic rings. The van der Waals surface area contributed by atoms with Crippen LogP contribution in [0, 0.1) is 20.8 Å². The van der Waals surface area contributed by atoms with E-state index < -0.39 is 6.04 Å². The van der Waals surface area contributed by atoms with Crippen LogP contribution in [0.1, 0.15) is 28.9 Å². The molecule has 0 spiro atoms. The summed E-state index contributed by atoms with van der Waals surface area (Å²) in [5.41, 5.74) is 4.10. The number of hydrogen-bond acceptors (Lipinski definition) is 6. The van der Waals surface area contributed by atoms with Crippen LogP contribution >= 0.6 is 11.8 Å². The van der Waals surface area contributed by atoms with Crippen molar-refractivity contribution in [1.29, 1.82) is 0 Å². The van der Waals surface area contributed by atoms with E-state index in [4.69, 9.17) is 0 Å². The van der Waals surface area contributed by atoms with Gasteiger partial charge in [-0.3, -0.25) is 14.4 Å². The summed E-state index contributed by atoms with van der Waals surface area (Å²) in [6.07, 6.45) is -0.0456. The quantitative estimate of drug-likeness (QED) is 0.294. The third-order valence-corrected chi connectivity index (χ3v) is 6.43. The molecule has 1 saturated heterocycles. The zero-order chi connectivity index (χ0) is 24.2. The van der Waals surface area contributed by atoms with Crippen LogP contribution in [-0.4, -0.2) is 44.4 Å². The molecule has 2 aromatic carbocycles. The Morgan fingerprint density at radius 2 is 1.65 bits per heavy atom. The zero-order valence-corrected chi connectivity index (χ0v) is 20.2. The maximum Gasteiger partial charge on any atom is 0.257 e. The summed E-state index contributed by atoms with van der Waals surface area (Å²) in [7, 11) is 0. The summed E-state index contributed by atoms with van der Waals surface area (Å²) in [6, 6.07) is 17.7. The Morgan fingerprint density at radius 1 is 1.00 bits per heavy atom. The van der Waals surface area contributed by atoms with Crippen LogP contribution in [0.3, 0.4) is 0 Å². The van der Waals surface area contributed by atoms with Gasteiger partial charge in [-0.25, -0.2) is 14.9 Å². The van der Waals surface area contributed by atoms with E-state index in [1.807, 2.05) is 69.3 Å². The van der Waals surface area contributed by atoms with Crippen LogP contribution in [0.4, 0.5) is 5.69 Å². The molecule has 7 nitrogen and oxygen atoms in total. The molecule has 1 aromatic heterocycles.